The van der Waals surface area contributed by atoms with Crippen molar-refractivity contribution in [2.24, 2.45) is 5.41 Å². The summed E-state index contributed by atoms with van der Waals surface area (Å²) < 4.78 is 0. The molecule has 1 aliphatic heterocycles. The van der Waals surface area contributed by atoms with Crippen LogP contribution < -0.4 is 10.9 Å². The van der Waals surface area contributed by atoms with Gasteiger partial charge in [0.15, 0.2) is 10.9 Å². The van der Waals surface area contributed by atoms with Crippen LogP contribution in [0.15, 0.2) is 45.5 Å². The molecular formula is C23H27N3O2S. The zero-order valence-electron chi connectivity index (χ0n) is 17.6. The number of hydrogen-bond acceptors (Lipinski definition) is 5. The van der Waals surface area contributed by atoms with Gasteiger partial charge in [-0.15, -0.1) is 0 Å². The predicted octanol–water partition coefficient (Wildman–Crippen LogP) is 4.82. The Morgan fingerprint density at radius 2 is 1.83 bits per heavy atom. The highest BCUT2D eigenvalue weighted by molar-refractivity contribution is 7.98. The van der Waals surface area contributed by atoms with Crippen LogP contribution in [0.1, 0.15) is 69.1 Å². The highest BCUT2D eigenvalue weighted by atomic mass is 32.2. The number of carbonyl (C=O) groups excluding carboxylic acids is 1. The molecule has 0 saturated heterocycles. The van der Waals surface area contributed by atoms with Crippen molar-refractivity contribution in [3.63, 3.8) is 0 Å². The molecule has 1 aromatic carbocycles. The van der Waals surface area contributed by atoms with E-state index in [1.807, 2.05) is 6.26 Å². The van der Waals surface area contributed by atoms with Crippen molar-refractivity contribution in [1.82, 2.24) is 9.97 Å². The van der Waals surface area contributed by atoms with Crippen molar-refractivity contribution in [3.8, 4) is 0 Å². The number of benzene rings is 1. The van der Waals surface area contributed by atoms with Gasteiger partial charge < -0.3 is 10.3 Å². The fourth-order valence-electron chi connectivity index (χ4n) is 4.40. The second-order valence-corrected chi connectivity index (χ2v) is 9.84. The predicted molar refractivity (Wildman–Crippen MR) is 118 cm³/mol. The molecule has 0 unspecified atom stereocenters. The number of ketones is 1. The molecule has 1 aliphatic carbocycles. The van der Waals surface area contributed by atoms with Gasteiger partial charge in [0, 0.05) is 23.6 Å². The van der Waals surface area contributed by atoms with Crippen LogP contribution >= 0.6 is 11.8 Å². The first-order chi connectivity index (χ1) is 13.7. The first-order valence-corrected chi connectivity index (χ1v) is 11.2. The summed E-state index contributed by atoms with van der Waals surface area (Å²) in [6, 6.07) is 8.29. The zero-order valence-corrected chi connectivity index (χ0v) is 18.4. The van der Waals surface area contributed by atoms with E-state index in [0.29, 0.717) is 28.9 Å². The molecule has 0 amide bonds. The molecule has 2 aromatic rings. The number of aromatic nitrogens is 2. The van der Waals surface area contributed by atoms with Crippen molar-refractivity contribution in [1.29, 1.82) is 0 Å². The van der Waals surface area contributed by atoms with Crippen LogP contribution in [0, 0.1) is 5.41 Å². The number of Topliss-reactive ketones (excluding diaryl/α,β-unsaturated/α-hetero) is 1. The Morgan fingerprint density at radius 3 is 2.45 bits per heavy atom. The average Bonchev–Trinajstić information content (AvgIpc) is 2.65. The van der Waals surface area contributed by atoms with Crippen molar-refractivity contribution in [2.45, 2.75) is 57.5 Å². The molecule has 2 aliphatic rings. The van der Waals surface area contributed by atoms with E-state index in [-0.39, 0.29) is 16.8 Å². The van der Waals surface area contributed by atoms with Gasteiger partial charge >= 0.3 is 0 Å². The molecule has 29 heavy (non-hydrogen) atoms. The van der Waals surface area contributed by atoms with Crippen LogP contribution in [0.4, 0.5) is 5.82 Å². The summed E-state index contributed by atoms with van der Waals surface area (Å²) in [5.74, 6) is 0.713. The average molecular weight is 410 g/mol. The maximum absolute atomic E-state index is 13.2. The summed E-state index contributed by atoms with van der Waals surface area (Å²) in [6.07, 6.45) is 3.13. The summed E-state index contributed by atoms with van der Waals surface area (Å²) in [4.78, 5) is 33.7. The van der Waals surface area contributed by atoms with Gasteiger partial charge in [-0.2, -0.15) is 0 Å². The van der Waals surface area contributed by atoms with E-state index in [1.54, 1.807) is 0 Å². The topological polar surface area (TPSA) is 74.8 Å². The lowest BCUT2D eigenvalue weighted by atomic mass is 9.69. The minimum Gasteiger partial charge on any atom is -0.343 e. The number of rotatable bonds is 3. The molecule has 2 heterocycles. The number of anilines is 1. The van der Waals surface area contributed by atoms with Gasteiger partial charge in [-0.1, -0.05) is 63.7 Å². The lowest BCUT2D eigenvalue weighted by Crippen LogP contribution is -2.37. The number of nitrogens with zero attached hydrogens (tertiary/aromatic N) is 1. The summed E-state index contributed by atoms with van der Waals surface area (Å²) in [5.41, 5.74) is 4.05. The van der Waals surface area contributed by atoms with E-state index in [9.17, 15) is 9.59 Å². The van der Waals surface area contributed by atoms with Gasteiger partial charge in [0.25, 0.3) is 5.56 Å². The number of hydrogen-bond donors (Lipinski definition) is 2. The number of thioether (sulfide) groups is 1. The number of nitrogens with one attached hydrogen (secondary N) is 2. The van der Waals surface area contributed by atoms with E-state index in [4.69, 9.17) is 0 Å². The maximum Gasteiger partial charge on any atom is 0.257 e. The van der Waals surface area contributed by atoms with Crippen LogP contribution in [0.25, 0.3) is 0 Å². The Morgan fingerprint density at radius 1 is 1.14 bits per heavy atom. The summed E-state index contributed by atoms with van der Waals surface area (Å²) in [6.45, 7) is 8.52. The highest BCUT2D eigenvalue weighted by Gasteiger charge is 2.42. The van der Waals surface area contributed by atoms with E-state index in [1.165, 1.54) is 17.3 Å². The highest BCUT2D eigenvalue weighted by Crippen LogP contribution is 2.47. The number of fused-ring (bicyclic) bond motifs is 1. The first kappa shape index (κ1) is 20.0. The molecule has 4 rings (SSSR count). The van der Waals surface area contributed by atoms with Crippen LogP contribution in [-0.2, 0) is 4.79 Å². The van der Waals surface area contributed by atoms with E-state index in [0.717, 1.165) is 23.3 Å². The molecule has 0 radical (unpaired) electrons. The second kappa shape index (κ2) is 7.17. The molecular weight excluding hydrogens is 382 g/mol. The van der Waals surface area contributed by atoms with Gasteiger partial charge in [0.1, 0.15) is 5.82 Å². The third-order valence-corrected chi connectivity index (χ3v) is 6.41. The van der Waals surface area contributed by atoms with Crippen LogP contribution in [0.2, 0.25) is 0 Å². The Balaban J connectivity index is 1.94. The van der Waals surface area contributed by atoms with Gasteiger partial charge in [-0.3, -0.25) is 9.59 Å². The smallest absolute Gasteiger partial charge is 0.257 e. The number of H-pyrrole nitrogens is 1. The Labute approximate surface area is 175 Å². The van der Waals surface area contributed by atoms with Crippen molar-refractivity contribution < 1.29 is 4.79 Å². The molecule has 2 N–H and O–H groups in total. The largest absolute Gasteiger partial charge is 0.343 e. The van der Waals surface area contributed by atoms with Crippen LogP contribution in [0.5, 0.6) is 0 Å². The van der Waals surface area contributed by atoms with Gasteiger partial charge in [0.2, 0.25) is 0 Å². The maximum atomic E-state index is 13.2. The van der Waals surface area contributed by atoms with Crippen molar-refractivity contribution in [3.05, 3.63) is 62.6 Å². The van der Waals surface area contributed by atoms with E-state index >= 15 is 0 Å². The Bertz CT molecular complexity index is 1060. The van der Waals surface area contributed by atoms with Gasteiger partial charge in [-0.05, 0) is 35.1 Å². The molecule has 0 fully saturated rings. The molecule has 5 nitrogen and oxygen atoms in total. The monoisotopic (exact) mass is 409 g/mol. The fraction of sp³-hybridized carbons (Fsp3) is 0.435. The quantitative estimate of drug-likeness (QED) is 0.562. The van der Waals surface area contributed by atoms with Gasteiger partial charge in [-0.25, -0.2) is 4.98 Å². The Hall–Kier alpha value is -2.34. The lowest BCUT2D eigenvalue weighted by Gasteiger charge is -2.38. The summed E-state index contributed by atoms with van der Waals surface area (Å²) in [7, 11) is 0. The summed E-state index contributed by atoms with van der Waals surface area (Å²) >= 11 is 1.40. The van der Waals surface area contributed by atoms with Gasteiger partial charge in [0.05, 0.1) is 5.56 Å². The number of carbonyl (C=O) groups is 1. The molecule has 6 heteroatoms. The molecule has 1 aromatic heterocycles. The SMILES string of the molecule is CSc1nc2c(c(=O)[nH]1)[C@@H](c1ccc(C(C)C)cc1)C1=C(CC(C)(C)CC1=O)N2. The summed E-state index contributed by atoms with van der Waals surface area (Å²) in [5, 5.41) is 3.91. The molecule has 152 valence electrons. The third kappa shape index (κ3) is 3.54. The third-order valence-electron chi connectivity index (χ3n) is 5.83. The lowest BCUT2D eigenvalue weighted by molar-refractivity contribution is -0.118. The number of aromatic amines is 1. The standard InChI is InChI=1S/C23H27N3O2S/c1-12(2)13-6-8-14(9-7-13)17-18-15(10-23(3,4)11-16(18)27)24-20-19(17)21(28)26-22(25-20)29-5/h6-9,12,17H,10-11H2,1-5H3,(H2,24,25,26,28)/t17-/m0/s1. The first-order valence-electron chi connectivity index (χ1n) is 10.0. The zero-order chi connectivity index (χ0) is 20.9. The van der Waals surface area contributed by atoms with Crippen molar-refractivity contribution in [2.75, 3.05) is 11.6 Å². The molecule has 1 atom stereocenters. The van der Waals surface area contributed by atoms with Crippen LogP contribution in [0.3, 0.4) is 0 Å². The number of allylic oxidation sites excluding steroid dienone is 2. The van der Waals surface area contributed by atoms with Crippen molar-refractivity contribution >= 4 is 23.4 Å². The van der Waals surface area contributed by atoms with E-state index < -0.39 is 5.92 Å². The second-order valence-electron chi connectivity index (χ2n) is 9.05. The minimum atomic E-state index is -0.391. The fourth-order valence-corrected chi connectivity index (χ4v) is 4.77. The minimum absolute atomic E-state index is 0.112. The normalized spacial score (nSPS) is 20.3. The molecule has 0 saturated carbocycles. The van der Waals surface area contributed by atoms with E-state index in [2.05, 4.69) is 67.2 Å². The van der Waals surface area contributed by atoms with Crippen LogP contribution in [-0.4, -0.2) is 22.0 Å². The molecule has 0 bridgehead atoms. The Kier molecular flexibility index (Phi) is 4.93. The molecule has 0 spiro atoms.